The number of hydrogen-bond donors (Lipinski definition) is 2. The molecule has 3 rings (SSSR count). The van der Waals surface area contributed by atoms with Crippen LogP contribution in [-0.4, -0.2) is 48.6 Å². The van der Waals surface area contributed by atoms with Gasteiger partial charge in [0, 0.05) is 26.6 Å². The molecule has 1 amide bonds. The fourth-order valence-electron chi connectivity index (χ4n) is 2.42. The molecule has 2 N–H and O–H groups in total. The van der Waals surface area contributed by atoms with Crippen LogP contribution in [0.15, 0.2) is 29.1 Å². The Morgan fingerprint density at radius 2 is 2.09 bits per heavy atom. The first-order chi connectivity index (χ1) is 11.1. The van der Waals surface area contributed by atoms with Gasteiger partial charge in [-0.1, -0.05) is 12.1 Å². The molecule has 0 aliphatic rings. The van der Waals surface area contributed by atoms with E-state index in [0.717, 1.165) is 21.5 Å². The first kappa shape index (κ1) is 15.0. The minimum Gasteiger partial charge on any atom is -0.342 e. The van der Waals surface area contributed by atoms with Crippen molar-refractivity contribution < 1.29 is 4.79 Å². The molecule has 0 atom stereocenters. The van der Waals surface area contributed by atoms with Gasteiger partial charge in [-0.15, -0.1) is 5.10 Å². The number of benzene rings is 1. The molecule has 0 saturated carbocycles. The van der Waals surface area contributed by atoms with Crippen molar-refractivity contribution in [2.45, 2.75) is 13.3 Å². The first-order valence-electron chi connectivity index (χ1n) is 7.44. The molecular formula is C15H18N6O2. The van der Waals surface area contributed by atoms with Gasteiger partial charge >= 0.3 is 5.69 Å². The van der Waals surface area contributed by atoms with Crippen LogP contribution in [0.25, 0.3) is 11.0 Å². The van der Waals surface area contributed by atoms with Crippen LogP contribution >= 0.6 is 0 Å². The summed E-state index contributed by atoms with van der Waals surface area (Å²) in [5.41, 5.74) is 1.48. The van der Waals surface area contributed by atoms with E-state index in [1.54, 1.807) is 4.90 Å². The minimum atomic E-state index is -0.401. The van der Waals surface area contributed by atoms with E-state index in [9.17, 15) is 9.59 Å². The van der Waals surface area contributed by atoms with E-state index in [1.165, 1.54) is 7.05 Å². The van der Waals surface area contributed by atoms with Crippen molar-refractivity contribution in [2.75, 3.05) is 13.1 Å². The summed E-state index contributed by atoms with van der Waals surface area (Å²) in [6.45, 7) is 2.91. The van der Waals surface area contributed by atoms with Crippen LogP contribution in [0.4, 0.5) is 0 Å². The lowest BCUT2D eigenvalue weighted by molar-refractivity contribution is 0.0753. The van der Waals surface area contributed by atoms with Crippen LogP contribution in [0.2, 0.25) is 0 Å². The van der Waals surface area contributed by atoms with Crippen LogP contribution in [-0.2, 0) is 13.5 Å². The summed E-state index contributed by atoms with van der Waals surface area (Å²) in [5, 5.41) is 3.90. The number of rotatable bonds is 5. The van der Waals surface area contributed by atoms with Crippen LogP contribution in [0, 0.1) is 0 Å². The zero-order valence-corrected chi connectivity index (χ0v) is 13.0. The van der Waals surface area contributed by atoms with Gasteiger partial charge in [0.15, 0.2) is 0 Å². The first-order valence-corrected chi connectivity index (χ1v) is 7.44. The van der Waals surface area contributed by atoms with Crippen molar-refractivity contribution in [1.29, 1.82) is 0 Å². The number of nitrogens with one attached hydrogen (secondary N) is 2. The van der Waals surface area contributed by atoms with E-state index in [1.807, 2.05) is 31.2 Å². The van der Waals surface area contributed by atoms with Crippen molar-refractivity contribution in [3.63, 3.8) is 0 Å². The van der Waals surface area contributed by atoms with Gasteiger partial charge in [0.25, 0.3) is 5.91 Å². The smallest absolute Gasteiger partial charge is 0.342 e. The van der Waals surface area contributed by atoms with Crippen LogP contribution < -0.4 is 5.69 Å². The number of aromatic amines is 2. The molecule has 1 aromatic carbocycles. The zero-order valence-electron chi connectivity index (χ0n) is 13.0. The number of likely N-dealkylation sites (N-methyl/N-ethyl adjacent to an activating group) is 1. The number of fused-ring (bicyclic) bond motifs is 1. The van der Waals surface area contributed by atoms with E-state index in [-0.39, 0.29) is 11.7 Å². The molecule has 8 nitrogen and oxygen atoms in total. The van der Waals surface area contributed by atoms with Gasteiger partial charge in [-0.3, -0.25) is 9.78 Å². The highest BCUT2D eigenvalue weighted by molar-refractivity contribution is 5.90. The SMILES string of the molecule is CCN(CCc1nc2ccccc2[nH]1)C(=O)c1nn(C)c(=O)[nH]1. The third kappa shape index (κ3) is 3.01. The van der Waals surface area contributed by atoms with E-state index >= 15 is 0 Å². The topological polar surface area (TPSA) is 99.7 Å². The molecule has 0 saturated heterocycles. The number of aryl methyl sites for hydroxylation is 1. The zero-order chi connectivity index (χ0) is 16.4. The second-order valence-electron chi connectivity index (χ2n) is 5.24. The molecule has 2 heterocycles. The van der Waals surface area contributed by atoms with Gasteiger partial charge in [-0.2, -0.15) is 0 Å². The predicted octanol–water partition coefficient (Wildman–Crippen LogP) is 0.690. The fraction of sp³-hybridized carbons (Fsp3) is 0.333. The molecule has 0 fully saturated rings. The van der Waals surface area contributed by atoms with Gasteiger partial charge in [-0.25, -0.2) is 14.5 Å². The Labute approximate surface area is 132 Å². The van der Waals surface area contributed by atoms with Crippen molar-refractivity contribution in [3.05, 3.63) is 46.4 Å². The van der Waals surface area contributed by atoms with Crippen molar-refractivity contribution in [1.82, 2.24) is 29.6 Å². The highest BCUT2D eigenvalue weighted by atomic mass is 16.2. The van der Waals surface area contributed by atoms with Gasteiger partial charge < -0.3 is 9.88 Å². The summed E-state index contributed by atoms with van der Waals surface area (Å²) in [5.74, 6) is 0.595. The summed E-state index contributed by atoms with van der Waals surface area (Å²) in [7, 11) is 1.50. The van der Waals surface area contributed by atoms with Crippen LogP contribution in [0.1, 0.15) is 23.4 Å². The molecule has 0 aliphatic carbocycles. The Bertz CT molecular complexity index is 858. The van der Waals surface area contributed by atoms with E-state index < -0.39 is 5.69 Å². The number of amides is 1. The summed E-state index contributed by atoms with van der Waals surface area (Å²) >= 11 is 0. The Hall–Kier alpha value is -2.90. The molecule has 0 radical (unpaired) electrons. The molecule has 120 valence electrons. The lowest BCUT2D eigenvalue weighted by Crippen LogP contribution is -2.33. The van der Waals surface area contributed by atoms with Crippen LogP contribution in [0.5, 0.6) is 0 Å². The Morgan fingerprint density at radius 1 is 1.30 bits per heavy atom. The molecule has 23 heavy (non-hydrogen) atoms. The quantitative estimate of drug-likeness (QED) is 0.723. The maximum atomic E-state index is 12.4. The van der Waals surface area contributed by atoms with Gasteiger partial charge in [0.2, 0.25) is 5.82 Å². The normalized spacial score (nSPS) is 11.0. The van der Waals surface area contributed by atoms with Gasteiger partial charge in [0.05, 0.1) is 11.0 Å². The van der Waals surface area contributed by atoms with Crippen molar-refractivity contribution >= 4 is 16.9 Å². The standard InChI is InChI=1S/C15H18N6O2/c1-3-21(14(22)13-18-15(23)20(2)19-13)9-8-12-16-10-6-4-5-7-11(10)17-12/h4-7H,3,8-9H2,1-2H3,(H,16,17)(H,18,19,23). The predicted molar refractivity (Wildman–Crippen MR) is 85.2 cm³/mol. The summed E-state index contributed by atoms with van der Waals surface area (Å²) in [6, 6.07) is 7.79. The number of nitrogens with zero attached hydrogens (tertiary/aromatic N) is 4. The fourth-order valence-corrected chi connectivity index (χ4v) is 2.42. The molecule has 0 unspecified atom stereocenters. The van der Waals surface area contributed by atoms with Gasteiger partial charge in [-0.05, 0) is 19.1 Å². The highest BCUT2D eigenvalue weighted by Gasteiger charge is 2.19. The lowest BCUT2D eigenvalue weighted by Gasteiger charge is -2.18. The largest absolute Gasteiger partial charge is 0.343 e. The maximum Gasteiger partial charge on any atom is 0.343 e. The second kappa shape index (κ2) is 6.07. The third-order valence-corrected chi connectivity index (χ3v) is 3.70. The lowest BCUT2D eigenvalue weighted by atomic mass is 10.3. The molecule has 0 spiro atoms. The number of hydrogen-bond acceptors (Lipinski definition) is 4. The maximum absolute atomic E-state index is 12.4. The number of aromatic nitrogens is 5. The van der Waals surface area contributed by atoms with Crippen LogP contribution in [0.3, 0.4) is 0 Å². The third-order valence-electron chi connectivity index (χ3n) is 3.70. The second-order valence-corrected chi connectivity index (χ2v) is 5.24. The summed E-state index contributed by atoms with van der Waals surface area (Å²) in [6.07, 6.45) is 0.603. The number of para-hydroxylation sites is 2. The monoisotopic (exact) mass is 314 g/mol. The number of carbonyl (C=O) groups is 1. The molecule has 3 aromatic rings. The summed E-state index contributed by atoms with van der Waals surface area (Å²) in [4.78, 5) is 35.6. The molecule has 0 aliphatic heterocycles. The van der Waals surface area contributed by atoms with E-state index in [2.05, 4.69) is 20.1 Å². The minimum absolute atomic E-state index is 0.0592. The summed E-state index contributed by atoms with van der Waals surface area (Å²) < 4.78 is 1.11. The molecule has 0 bridgehead atoms. The number of H-pyrrole nitrogens is 2. The average Bonchev–Trinajstić information content (AvgIpc) is 3.11. The van der Waals surface area contributed by atoms with Crippen molar-refractivity contribution in [3.8, 4) is 0 Å². The molecule has 2 aromatic heterocycles. The van der Waals surface area contributed by atoms with Gasteiger partial charge in [0.1, 0.15) is 5.82 Å². The Morgan fingerprint density at radius 3 is 2.74 bits per heavy atom. The molecule has 8 heteroatoms. The van der Waals surface area contributed by atoms with E-state index in [0.29, 0.717) is 19.5 Å². The van der Waals surface area contributed by atoms with E-state index in [4.69, 9.17) is 0 Å². The number of carbonyl (C=O) groups excluding carboxylic acids is 1. The Balaban J connectivity index is 1.71. The Kier molecular flexibility index (Phi) is 3.96. The number of imidazole rings is 1. The van der Waals surface area contributed by atoms with Crippen molar-refractivity contribution in [2.24, 2.45) is 7.05 Å². The average molecular weight is 314 g/mol. The molecular weight excluding hydrogens is 296 g/mol. The highest BCUT2D eigenvalue weighted by Crippen LogP contribution is 2.11.